The van der Waals surface area contributed by atoms with Crippen LogP contribution in [0.3, 0.4) is 0 Å². The third-order valence-corrected chi connectivity index (χ3v) is 2.74. The van der Waals surface area contributed by atoms with Crippen LogP contribution in [0.4, 0.5) is 0 Å². The molecule has 0 bridgehead atoms. The van der Waals surface area contributed by atoms with Gasteiger partial charge in [0.2, 0.25) is 0 Å². The molecule has 0 saturated heterocycles. The Kier molecular flexibility index (Phi) is 6.32. The minimum Gasteiger partial charge on any atom is -0.491 e. The lowest BCUT2D eigenvalue weighted by Crippen LogP contribution is -2.40. The molecule has 1 unspecified atom stereocenters. The first-order valence-electron chi connectivity index (χ1n) is 6.33. The lowest BCUT2D eigenvalue weighted by molar-refractivity contribution is -0.140. The number of carboxylic acids is 1. The molecule has 106 valence electrons. The van der Waals surface area contributed by atoms with Crippen molar-refractivity contribution in [2.75, 3.05) is 13.2 Å². The molecular weight excluding hydrogens is 246 g/mol. The zero-order valence-electron chi connectivity index (χ0n) is 11.3. The van der Waals surface area contributed by atoms with E-state index in [0.717, 1.165) is 5.56 Å². The van der Waals surface area contributed by atoms with Crippen LogP contribution in [0.2, 0.25) is 0 Å². The minimum atomic E-state index is -0.835. The topological polar surface area (TPSA) is 78.8 Å². The van der Waals surface area contributed by atoms with Gasteiger partial charge in [0, 0.05) is 6.54 Å². The summed E-state index contributed by atoms with van der Waals surface area (Å²) in [6.45, 7) is 4.49. The van der Waals surface area contributed by atoms with Crippen molar-refractivity contribution >= 4 is 5.97 Å². The van der Waals surface area contributed by atoms with Crippen LogP contribution >= 0.6 is 0 Å². The highest BCUT2D eigenvalue weighted by atomic mass is 16.5. The average Bonchev–Trinajstić information content (AvgIpc) is 2.37. The number of hydrogen-bond acceptors (Lipinski definition) is 4. The Morgan fingerprint density at radius 2 is 1.95 bits per heavy atom. The molecule has 1 aromatic rings. The highest BCUT2D eigenvalue weighted by Gasteiger charge is 2.20. The van der Waals surface area contributed by atoms with Crippen molar-refractivity contribution in [3.8, 4) is 5.75 Å². The van der Waals surface area contributed by atoms with E-state index >= 15 is 0 Å². The third kappa shape index (κ3) is 5.28. The van der Waals surface area contributed by atoms with Crippen LogP contribution < -0.4 is 10.1 Å². The molecule has 5 nitrogen and oxygen atoms in total. The molecule has 0 fully saturated rings. The summed E-state index contributed by atoms with van der Waals surface area (Å²) in [5, 5.41) is 20.7. The van der Waals surface area contributed by atoms with Gasteiger partial charge < -0.3 is 20.3 Å². The molecule has 0 amide bonds. The van der Waals surface area contributed by atoms with Crippen LogP contribution in [0.5, 0.6) is 5.75 Å². The van der Waals surface area contributed by atoms with Crippen molar-refractivity contribution in [1.29, 1.82) is 0 Å². The summed E-state index contributed by atoms with van der Waals surface area (Å²) < 4.78 is 5.25. The second-order valence-corrected chi connectivity index (χ2v) is 4.66. The molecule has 1 aromatic carbocycles. The predicted molar refractivity (Wildman–Crippen MR) is 72.1 cm³/mol. The number of carbonyl (C=O) groups is 1. The maximum absolute atomic E-state index is 11.0. The van der Waals surface area contributed by atoms with Gasteiger partial charge in [0.05, 0.1) is 6.61 Å². The van der Waals surface area contributed by atoms with E-state index in [1.807, 2.05) is 26.0 Å². The number of nitrogens with one attached hydrogen (secondary N) is 1. The van der Waals surface area contributed by atoms with Crippen molar-refractivity contribution in [1.82, 2.24) is 5.32 Å². The zero-order valence-corrected chi connectivity index (χ0v) is 11.3. The van der Waals surface area contributed by atoms with E-state index in [9.17, 15) is 4.79 Å². The van der Waals surface area contributed by atoms with E-state index in [0.29, 0.717) is 12.3 Å². The SMILES string of the molecule is CC(C)C(NCc1ccc(OCCO)cc1)C(=O)O. The Balaban J connectivity index is 2.51. The maximum atomic E-state index is 11.0. The lowest BCUT2D eigenvalue weighted by Gasteiger charge is -2.18. The first kappa shape index (κ1) is 15.5. The molecule has 0 saturated carbocycles. The van der Waals surface area contributed by atoms with Crippen LogP contribution in [-0.4, -0.2) is 35.4 Å². The van der Waals surface area contributed by atoms with Gasteiger partial charge in [-0.15, -0.1) is 0 Å². The zero-order chi connectivity index (χ0) is 14.3. The molecule has 0 aromatic heterocycles. The Labute approximate surface area is 113 Å². The fourth-order valence-electron chi connectivity index (χ4n) is 1.70. The van der Waals surface area contributed by atoms with Gasteiger partial charge in [-0.1, -0.05) is 26.0 Å². The number of carboxylic acid groups (broad SMARTS) is 1. The van der Waals surface area contributed by atoms with E-state index in [4.69, 9.17) is 14.9 Å². The number of aliphatic hydroxyl groups is 1. The van der Waals surface area contributed by atoms with Gasteiger partial charge in [0.25, 0.3) is 0 Å². The number of benzene rings is 1. The number of aliphatic hydroxyl groups excluding tert-OH is 1. The molecule has 19 heavy (non-hydrogen) atoms. The van der Waals surface area contributed by atoms with E-state index in [1.54, 1.807) is 12.1 Å². The second kappa shape index (κ2) is 7.76. The smallest absolute Gasteiger partial charge is 0.320 e. The normalized spacial score (nSPS) is 12.4. The Morgan fingerprint density at radius 3 is 2.42 bits per heavy atom. The van der Waals surface area contributed by atoms with Crippen LogP contribution in [0.15, 0.2) is 24.3 Å². The van der Waals surface area contributed by atoms with Gasteiger partial charge in [-0.2, -0.15) is 0 Å². The molecule has 3 N–H and O–H groups in total. The van der Waals surface area contributed by atoms with Crippen molar-refractivity contribution < 1.29 is 19.7 Å². The van der Waals surface area contributed by atoms with Gasteiger partial charge in [-0.05, 0) is 23.6 Å². The number of rotatable bonds is 8. The van der Waals surface area contributed by atoms with Crippen molar-refractivity contribution in [2.24, 2.45) is 5.92 Å². The molecule has 0 radical (unpaired) electrons. The summed E-state index contributed by atoms with van der Waals surface area (Å²) >= 11 is 0. The summed E-state index contributed by atoms with van der Waals surface area (Å²) in [6.07, 6.45) is 0. The van der Waals surface area contributed by atoms with E-state index in [1.165, 1.54) is 0 Å². The molecule has 0 aliphatic carbocycles. The number of hydrogen-bond donors (Lipinski definition) is 3. The quantitative estimate of drug-likeness (QED) is 0.661. The summed E-state index contributed by atoms with van der Waals surface area (Å²) in [5.74, 6) is -0.112. The monoisotopic (exact) mass is 267 g/mol. The van der Waals surface area contributed by atoms with E-state index in [-0.39, 0.29) is 19.1 Å². The molecule has 0 aliphatic rings. The first-order chi connectivity index (χ1) is 9.04. The largest absolute Gasteiger partial charge is 0.491 e. The molecule has 5 heteroatoms. The highest BCUT2D eigenvalue weighted by Crippen LogP contribution is 2.12. The maximum Gasteiger partial charge on any atom is 0.320 e. The molecule has 0 aliphatic heterocycles. The average molecular weight is 267 g/mol. The van der Waals surface area contributed by atoms with Crippen LogP contribution in [0, 0.1) is 5.92 Å². The van der Waals surface area contributed by atoms with Gasteiger partial charge >= 0.3 is 5.97 Å². The Hall–Kier alpha value is -1.59. The van der Waals surface area contributed by atoms with E-state index < -0.39 is 12.0 Å². The summed E-state index contributed by atoms with van der Waals surface area (Å²) in [6, 6.07) is 6.80. The van der Waals surface area contributed by atoms with Crippen LogP contribution in [0.1, 0.15) is 19.4 Å². The standard InChI is InChI=1S/C14H21NO4/c1-10(2)13(14(17)18)15-9-11-3-5-12(6-4-11)19-8-7-16/h3-6,10,13,15-16H,7-9H2,1-2H3,(H,17,18). The fourth-order valence-corrected chi connectivity index (χ4v) is 1.70. The van der Waals surface area contributed by atoms with Crippen molar-refractivity contribution in [3.05, 3.63) is 29.8 Å². The number of aliphatic carboxylic acids is 1. The van der Waals surface area contributed by atoms with Gasteiger partial charge in [0.15, 0.2) is 0 Å². The van der Waals surface area contributed by atoms with Gasteiger partial charge in [-0.3, -0.25) is 4.79 Å². The predicted octanol–water partition coefficient (Wildman–Crippen LogP) is 1.26. The summed E-state index contributed by atoms with van der Waals surface area (Å²) in [5.41, 5.74) is 0.989. The first-order valence-corrected chi connectivity index (χ1v) is 6.33. The highest BCUT2D eigenvalue weighted by molar-refractivity contribution is 5.73. The van der Waals surface area contributed by atoms with Crippen LogP contribution in [-0.2, 0) is 11.3 Å². The van der Waals surface area contributed by atoms with E-state index in [2.05, 4.69) is 5.32 Å². The van der Waals surface area contributed by atoms with Crippen LogP contribution in [0.25, 0.3) is 0 Å². The minimum absolute atomic E-state index is 0.0159. The second-order valence-electron chi connectivity index (χ2n) is 4.66. The Morgan fingerprint density at radius 1 is 1.32 bits per heavy atom. The van der Waals surface area contributed by atoms with Gasteiger partial charge in [0.1, 0.15) is 18.4 Å². The van der Waals surface area contributed by atoms with Crippen molar-refractivity contribution in [2.45, 2.75) is 26.4 Å². The third-order valence-electron chi connectivity index (χ3n) is 2.74. The summed E-state index contributed by atoms with van der Waals surface area (Å²) in [4.78, 5) is 11.0. The molecule has 0 spiro atoms. The number of ether oxygens (including phenoxy) is 1. The fraction of sp³-hybridized carbons (Fsp3) is 0.500. The molecule has 1 rings (SSSR count). The van der Waals surface area contributed by atoms with Crippen molar-refractivity contribution in [3.63, 3.8) is 0 Å². The lowest BCUT2D eigenvalue weighted by atomic mass is 10.0. The molecular formula is C14H21NO4. The molecule has 0 heterocycles. The Bertz CT molecular complexity index is 389. The van der Waals surface area contributed by atoms with Gasteiger partial charge in [-0.25, -0.2) is 0 Å². The summed E-state index contributed by atoms with van der Waals surface area (Å²) in [7, 11) is 0. The molecule has 1 atom stereocenters.